The highest BCUT2D eigenvalue weighted by Crippen LogP contribution is 2.29. The van der Waals surface area contributed by atoms with E-state index in [4.69, 9.17) is 0 Å². The van der Waals surface area contributed by atoms with Gasteiger partial charge in [0.2, 0.25) is 0 Å². The first kappa shape index (κ1) is 15.0. The van der Waals surface area contributed by atoms with Crippen molar-refractivity contribution in [3.8, 4) is 0 Å². The summed E-state index contributed by atoms with van der Waals surface area (Å²) in [5.41, 5.74) is -0.0631. The standard InChI is InChI=1S/C16H10F4O/c17-15-9-12(10-21)5-7-13(15)6-4-11-2-1-3-14(8-11)16(18,19)20/h1-10H/b6-4+. The van der Waals surface area contributed by atoms with Crippen LogP contribution in [0.2, 0.25) is 0 Å². The topological polar surface area (TPSA) is 17.1 Å². The van der Waals surface area contributed by atoms with Crippen molar-refractivity contribution in [2.75, 3.05) is 0 Å². The number of hydrogen-bond donors (Lipinski definition) is 0. The molecule has 0 aliphatic rings. The average molecular weight is 294 g/mol. The highest BCUT2D eigenvalue weighted by molar-refractivity contribution is 5.77. The number of carbonyl (C=O) groups is 1. The summed E-state index contributed by atoms with van der Waals surface area (Å²) in [6.45, 7) is 0. The van der Waals surface area contributed by atoms with E-state index in [9.17, 15) is 22.4 Å². The number of halogens is 4. The molecule has 0 saturated heterocycles. The van der Waals surface area contributed by atoms with Crippen LogP contribution in [-0.2, 0) is 6.18 Å². The maximum atomic E-state index is 13.6. The first-order valence-electron chi connectivity index (χ1n) is 6.00. The monoisotopic (exact) mass is 294 g/mol. The fraction of sp³-hybridized carbons (Fsp3) is 0.0625. The summed E-state index contributed by atoms with van der Waals surface area (Å²) in [6, 6.07) is 8.62. The third-order valence-corrected chi connectivity index (χ3v) is 2.83. The summed E-state index contributed by atoms with van der Waals surface area (Å²) < 4.78 is 51.3. The minimum Gasteiger partial charge on any atom is -0.298 e. The van der Waals surface area contributed by atoms with Crippen LogP contribution in [0, 0.1) is 5.82 Å². The Labute approximate surface area is 118 Å². The van der Waals surface area contributed by atoms with Gasteiger partial charge in [0, 0.05) is 11.1 Å². The van der Waals surface area contributed by atoms with Crippen molar-refractivity contribution in [3.05, 3.63) is 70.5 Å². The Morgan fingerprint density at radius 1 is 0.905 bits per heavy atom. The summed E-state index contributed by atoms with van der Waals surface area (Å²) in [4.78, 5) is 10.5. The highest BCUT2D eigenvalue weighted by Gasteiger charge is 2.30. The predicted octanol–water partition coefficient (Wildman–Crippen LogP) is 4.83. The Kier molecular flexibility index (Phi) is 4.21. The Bertz CT molecular complexity index is 687. The highest BCUT2D eigenvalue weighted by atomic mass is 19.4. The molecule has 5 heteroatoms. The molecule has 2 rings (SSSR count). The van der Waals surface area contributed by atoms with Gasteiger partial charge in [-0.2, -0.15) is 13.2 Å². The third kappa shape index (κ3) is 3.78. The number of rotatable bonds is 3. The molecule has 0 aliphatic heterocycles. The smallest absolute Gasteiger partial charge is 0.298 e. The molecular formula is C16H10F4O. The van der Waals surface area contributed by atoms with Gasteiger partial charge in [0.15, 0.2) is 0 Å². The zero-order chi connectivity index (χ0) is 15.5. The summed E-state index contributed by atoms with van der Waals surface area (Å²) in [5, 5.41) is 0. The number of benzene rings is 2. The van der Waals surface area contributed by atoms with Crippen molar-refractivity contribution in [2.24, 2.45) is 0 Å². The van der Waals surface area contributed by atoms with Crippen LogP contribution in [0.1, 0.15) is 27.0 Å². The van der Waals surface area contributed by atoms with Crippen LogP contribution < -0.4 is 0 Å². The molecule has 2 aromatic rings. The molecular weight excluding hydrogens is 284 g/mol. The van der Waals surface area contributed by atoms with Gasteiger partial charge in [0.1, 0.15) is 12.1 Å². The zero-order valence-corrected chi connectivity index (χ0v) is 10.7. The predicted molar refractivity (Wildman–Crippen MR) is 72.2 cm³/mol. The maximum Gasteiger partial charge on any atom is 0.416 e. The average Bonchev–Trinajstić information content (AvgIpc) is 2.45. The Morgan fingerprint density at radius 2 is 1.67 bits per heavy atom. The van der Waals surface area contributed by atoms with Gasteiger partial charge in [-0.25, -0.2) is 4.39 Å². The lowest BCUT2D eigenvalue weighted by Crippen LogP contribution is -2.04. The van der Waals surface area contributed by atoms with Gasteiger partial charge >= 0.3 is 6.18 Å². The maximum absolute atomic E-state index is 13.6. The molecule has 0 aromatic heterocycles. The molecule has 0 aliphatic carbocycles. The summed E-state index contributed by atoms with van der Waals surface area (Å²) >= 11 is 0. The molecule has 0 bridgehead atoms. The van der Waals surface area contributed by atoms with Crippen molar-refractivity contribution >= 4 is 18.4 Å². The fourth-order valence-electron chi connectivity index (χ4n) is 1.76. The molecule has 0 fully saturated rings. The van der Waals surface area contributed by atoms with Gasteiger partial charge in [0.25, 0.3) is 0 Å². The normalized spacial score (nSPS) is 11.8. The van der Waals surface area contributed by atoms with Crippen LogP contribution in [0.5, 0.6) is 0 Å². The zero-order valence-electron chi connectivity index (χ0n) is 10.7. The van der Waals surface area contributed by atoms with Crippen molar-refractivity contribution < 1.29 is 22.4 Å². The second kappa shape index (κ2) is 5.91. The second-order valence-corrected chi connectivity index (χ2v) is 4.36. The molecule has 108 valence electrons. The van der Waals surface area contributed by atoms with Crippen LogP contribution in [0.15, 0.2) is 42.5 Å². The van der Waals surface area contributed by atoms with Gasteiger partial charge in [0.05, 0.1) is 5.56 Å². The van der Waals surface area contributed by atoms with Crippen molar-refractivity contribution in [2.45, 2.75) is 6.18 Å². The van der Waals surface area contributed by atoms with Gasteiger partial charge < -0.3 is 0 Å². The largest absolute Gasteiger partial charge is 0.416 e. The van der Waals surface area contributed by atoms with E-state index in [1.807, 2.05) is 0 Å². The minimum absolute atomic E-state index is 0.193. The van der Waals surface area contributed by atoms with Gasteiger partial charge in [-0.1, -0.05) is 36.4 Å². The molecule has 2 aromatic carbocycles. The van der Waals surface area contributed by atoms with E-state index in [1.165, 1.54) is 36.4 Å². The summed E-state index contributed by atoms with van der Waals surface area (Å²) in [7, 11) is 0. The quantitative estimate of drug-likeness (QED) is 0.450. The summed E-state index contributed by atoms with van der Waals surface area (Å²) in [6.07, 6.45) is -1.16. The van der Waals surface area contributed by atoms with E-state index in [1.54, 1.807) is 0 Å². The fourth-order valence-corrected chi connectivity index (χ4v) is 1.76. The Balaban J connectivity index is 2.27. The van der Waals surface area contributed by atoms with Gasteiger partial charge in [-0.15, -0.1) is 0 Å². The van der Waals surface area contributed by atoms with Crippen LogP contribution in [0.25, 0.3) is 12.2 Å². The SMILES string of the molecule is O=Cc1ccc(/C=C/c2cccc(C(F)(F)F)c2)c(F)c1. The lowest BCUT2D eigenvalue weighted by molar-refractivity contribution is -0.137. The van der Waals surface area contributed by atoms with Crippen LogP contribution >= 0.6 is 0 Å². The molecule has 0 radical (unpaired) electrons. The van der Waals surface area contributed by atoms with Crippen molar-refractivity contribution in [1.29, 1.82) is 0 Å². The van der Waals surface area contributed by atoms with Crippen LogP contribution in [-0.4, -0.2) is 6.29 Å². The summed E-state index contributed by atoms with van der Waals surface area (Å²) in [5.74, 6) is -0.608. The number of carbonyl (C=O) groups excluding carboxylic acids is 1. The lowest BCUT2D eigenvalue weighted by Gasteiger charge is -2.06. The number of hydrogen-bond acceptors (Lipinski definition) is 1. The van der Waals surface area contributed by atoms with E-state index in [2.05, 4.69) is 0 Å². The van der Waals surface area contributed by atoms with Crippen molar-refractivity contribution in [3.63, 3.8) is 0 Å². The van der Waals surface area contributed by atoms with Crippen molar-refractivity contribution in [1.82, 2.24) is 0 Å². The molecule has 0 N–H and O–H groups in total. The molecule has 0 amide bonds. The van der Waals surface area contributed by atoms with E-state index >= 15 is 0 Å². The van der Waals surface area contributed by atoms with E-state index < -0.39 is 17.6 Å². The molecule has 1 nitrogen and oxygen atoms in total. The van der Waals surface area contributed by atoms with Crippen LogP contribution in [0.4, 0.5) is 17.6 Å². The molecule has 0 spiro atoms. The minimum atomic E-state index is -4.42. The molecule has 21 heavy (non-hydrogen) atoms. The first-order chi connectivity index (χ1) is 9.90. The lowest BCUT2D eigenvalue weighted by atomic mass is 10.1. The molecule has 0 unspecified atom stereocenters. The molecule has 0 atom stereocenters. The molecule has 0 saturated carbocycles. The van der Waals surface area contributed by atoms with E-state index in [0.29, 0.717) is 11.8 Å². The van der Waals surface area contributed by atoms with Gasteiger partial charge in [-0.3, -0.25) is 4.79 Å². The molecule has 0 heterocycles. The first-order valence-corrected chi connectivity index (χ1v) is 6.00. The van der Waals surface area contributed by atoms with E-state index in [-0.39, 0.29) is 11.1 Å². The van der Waals surface area contributed by atoms with Gasteiger partial charge in [-0.05, 0) is 23.8 Å². The second-order valence-electron chi connectivity index (χ2n) is 4.36. The number of alkyl halides is 3. The Morgan fingerprint density at radius 3 is 2.29 bits per heavy atom. The van der Waals surface area contributed by atoms with Crippen LogP contribution in [0.3, 0.4) is 0 Å². The number of aldehydes is 1. The van der Waals surface area contributed by atoms with E-state index in [0.717, 1.165) is 18.2 Å². The third-order valence-electron chi connectivity index (χ3n) is 2.83. The Hall–Kier alpha value is -2.43.